The van der Waals surface area contributed by atoms with Gasteiger partial charge in [0.2, 0.25) is 11.8 Å². The van der Waals surface area contributed by atoms with Crippen molar-refractivity contribution in [2.45, 2.75) is 59.3 Å². The van der Waals surface area contributed by atoms with Crippen molar-refractivity contribution in [3.8, 4) is 0 Å². The molecule has 0 aliphatic rings. The molecule has 0 aliphatic carbocycles. The van der Waals surface area contributed by atoms with E-state index in [1.807, 2.05) is 13.8 Å². The number of unbranched alkanes of at least 4 members (excludes halogenated alkanes) is 1. The summed E-state index contributed by atoms with van der Waals surface area (Å²) in [5, 5.41) is 5.54. The number of rotatable bonds is 21. The number of Topliss-reactive ketones (excluding diaryl/α,β-unsaturated/α-hetero) is 1. The maximum absolute atomic E-state index is 11.8. The Morgan fingerprint density at radius 3 is 2.03 bits per heavy atom. The Labute approximate surface area is 187 Å². The first-order valence-electron chi connectivity index (χ1n) is 11.3. The van der Waals surface area contributed by atoms with E-state index in [0.29, 0.717) is 51.9 Å². The molecule has 0 unspecified atom stereocenters. The lowest BCUT2D eigenvalue weighted by atomic mass is 9.90. The van der Waals surface area contributed by atoms with Crippen LogP contribution in [0.5, 0.6) is 0 Å². The summed E-state index contributed by atoms with van der Waals surface area (Å²) in [4.78, 5) is 34.3. The van der Waals surface area contributed by atoms with Gasteiger partial charge in [-0.3, -0.25) is 9.59 Å². The number of nitrogens with one attached hydrogen (secondary N) is 2. The standard InChI is InChI=1S/C23H42N2O6/c1-5-13-30-17-23(28)25-12-14-29-15-16-31-18-22(27)24-11-7-6-8-21(19(2)3)10-9-20(4)26/h21H,2,5-18H2,1,3-4H3,(H,24,27)(H,25,28)/t21-/m1/s1. The van der Waals surface area contributed by atoms with Gasteiger partial charge in [-0.1, -0.05) is 25.5 Å². The van der Waals surface area contributed by atoms with Crippen LogP contribution in [0.3, 0.4) is 0 Å². The monoisotopic (exact) mass is 442 g/mol. The van der Waals surface area contributed by atoms with Crippen LogP contribution in [0.2, 0.25) is 0 Å². The van der Waals surface area contributed by atoms with Crippen molar-refractivity contribution in [1.29, 1.82) is 0 Å². The summed E-state index contributed by atoms with van der Waals surface area (Å²) < 4.78 is 15.8. The van der Waals surface area contributed by atoms with Crippen LogP contribution in [0.4, 0.5) is 0 Å². The van der Waals surface area contributed by atoms with Crippen LogP contribution in [0.15, 0.2) is 12.2 Å². The highest BCUT2D eigenvalue weighted by Crippen LogP contribution is 2.21. The van der Waals surface area contributed by atoms with Gasteiger partial charge in [0.05, 0.1) is 19.8 Å². The number of allylic oxidation sites excluding steroid dienone is 1. The molecule has 0 aromatic carbocycles. The lowest BCUT2D eigenvalue weighted by molar-refractivity contribution is -0.127. The summed E-state index contributed by atoms with van der Waals surface area (Å²) >= 11 is 0. The Bertz CT molecular complexity index is 524. The van der Waals surface area contributed by atoms with Gasteiger partial charge in [0, 0.05) is 26.1 Å². The lowest BCUT2D eigenvalue weighted by Crippen LogP contribution is -2.31. The van der Waals surface area contributed by atoms with Crippen molar-refractivity contribution in [2.24, 2.45) is 5.92 Å². The number of ketones is 1. The Morgan fingerprint density at radius 2 is 1.42 bits per heavy atom. The molecule has 0 heterocycles. The molecule has 0 aliphatic heterocycles. The first-order valence-corrected chi connectivity index (χ1v) is 11.3. The summed E-state index contributed by atoms with van der Waals surface area (Å²) in [6.45, 7) is 12.3. The molecule has 0 saturated heterocycles. The van der Waals surface area contributed by atoms with E-state index in [-0.39, 0.29) is 30.8 Å². The summed E-state index contributed by atoms with van der Waals surface area (Å²) in [5.74, 6) is 0.276. The van der Waals surface area contributed by atoms with Gasteiger partial charge in [-0.2, -0.15) is 0 Å². The van der Waals surface area contributed by atoms with Crippen LogP contribution in [0.1, 0.15) is 59.3 Å². The first-order chi connectivity index (χ1) is 14.9. The van der Waals surface area contributed by atoms with Crippen molar-refractivity contribution >= 4 is 17.6 Å². The zero-order chi connectivity index (χ0) is 23.3. The molecule has 8 heteroatoms. The van der Waals surface area contributed by atoms with Crippen LogP contribution >= 0.6 is 0 Å². The molecule has 0 rings (SSSR count). The largest absolute Gasteiger partial charge is 0.377 e. The van der Waals surface area contributed by atoms with Gasteiger partial charge in [0.25, 0.3) is 0 Å². The van der Waals surface area contributed by atoms with Crippen LogP contribution in [0, 0.1) is 5.92 Å². The topological polar surface area (TPSA) is 103 Å². The van der Waals surface area contributed by atoms with Gasteiger partial charge in [-0.25, -0.2) is 0 Å². The molecule has 2 amide bonds. The highest BCUT2D eigenvalue weighted by Gasteiger charge is 2.10. The summed E-state index contributed by atoms with van der Waals surface area (Å²) in [5.41, 5.74) is 1.12. The van der Waals surface area contributed by atoms with Crippen LogP contribution in [-0.2, 0) is 28.6 Å². The predicted molar refractivity (Wildman–Crippen MR) is 121 cm³/mol. The van der Waals surface area contributed by atoms with Crippen molar-refractivity contribution < 1.29 is 28.6 Å². The molecule has 0 aromatic heterocycles. The molecule has 8 nitrogen and oxygen atoms in total. The zero-order valence-electron chi connectivity index (χ0n) is 19.6. The van der Waals surface area contributed by atoms with Crippen LogP contribution in [0.25, 0.3) is 0 Å². The highest BCUT2D eigenvalue weighted by atomic mass is 16.5. The zero-order valence-corrected chi connectivity index (χ0v) is 19.6. The van der Waals surface area contributed by atoms with Gasteiger partial charge < -0.3 is 29.6 Å². The van der Waals surface area contributed by atoms with Gasteiger partial charge in [-0.15, -0.1) is 0 Å². The second-order valence-corrected chi connectivity index (χ2v) is 7.70. The van der Waals surface area contributed by atoms with E-state index in [0.717, 1.165) is 37.7 Å². The SMILES string of the molecule is C=C(C)[C@H](CCCCNC(=O)COCCOCCNC(=O)COCCC)CCC(C)=O. The number of ether oxygens (including phenoxy) is 3. The van der Waals surface area contributed by atoms with Gasteiger partial charge >= 0.3 is 0 Å². The minimum atomic E-state index is -0.156. The average Bonchev–Trinajstić information content (AvgIpc) is 2.71. The third-order valence-corrected chi connectivity index (χ3v) is 4.60. The first kappa shape index (κ1) is 29.2. The molecule has 0 radical (unpaired) electrons. The summed E-state index contributed by atoms with van der Waals surface area (Å²) in [6.07, 6.45) is 5.18. The fourth-order valence-corrected chi connectivity index (χ4v) is 2.82. The average molecular weight is 443 g/mol. The van der Waals surface area contributed by atoms with E-state index in [1.165, 1.54) is 0 Å². The minimum absolute atomic E-state index is 0.00185. The third-order valence-electron chi connectivity index (χ3n) is 4.60. The summed E-state index contributed by atoms with van der Waals surface area (Å²) in [6, 6.07) is 0. The van der Waals surface area contributed by atoms with E-state index in [1.54, 1.807) is 6.92 Å². The van der Waals surface area contributed by atoms with Crippen molar-refractivity contribution in [2.75, 3.05) is 52.7 Å². The molecule has 0 saturated carbocycles. The van der Waals surface area contributed by atoms with Crippen molar-refractivity contribution in [3.05, 3.63) is 12.2 Å². The minimum Gasteiger partial charge on any atom is -0.377 e. The molecule has 0 fully saturated rings. The number of hydrogen-bond donors (Lipinski definition) is 2. The van der Waals surface area contributed by atoms with E-state index in [2.05, 4.69) is 17.2 Å². The third kappa shape index (κ3) is 19.9. The Hall–Kier alpha value is -1.77. The second-order valence-electron chi connectivity index (χ2n) is 7.70. The maximum atomic E-state index is 11.8. The Balaban J connectivity index is 3.53. The quantitative estimate of drug-likeness (QED) is 0.209. The molecule has 0 bridgehead atoms. The fourth-order valence-electron chi connectivity index (χ4n) is 2.82. The number of hydrogen-bond acceptors (Lipinski definition) is 6. The van der Waals surface area contributed by atoms with Crippen molar-refractivity contribution in [1.82, 2.24) is 10.6 Å². The van der Waals surface area contributed by atoms with Gasteiger partial charge in [-0.05, 0) is 45.4 Å². The van der Waals surface area contributed by atoms with E-state index >= 15 is 0 Å². The van der Waals surface area contributed by atoms with E-state index in [9.17, 15) is 14.4 Å². The molecule has 0 spiro atoms. The van der Waals surface area contributed by atoms with Gasteiger partial charge in [0.15, 0.2) is 0 Å². The van der Waals surface area contributed by atoms with E-state index < -0.39 is 0 Å². The molecule has 2 N–H and O–H groups in total. The van der Waals surface area contributed by atoms with Crippen LogP contribution in [-0.4, -0.2) is 70.3 Å². The van der Waals surface area contributed by atoms with E-state index in [4.69, 9.17) is 14.2 Å². The molecule has 180 valence electrons. The number of amides is 2. The maximum Gasteiger partial charge on any atom is 0.246 e. The normalized spacial score (nSPS) is 11.7. The van der Waals surface area contributed by atoms with Crippen molar-refractivity contribution in [3.63, 3.8) is 0 Å². The lowest BCUT2D eigenvalue weighted by Gasteiger charge is -2.16. The number of carbonyl (C=O) groups is 3. The molecular weight excluding hydrogens is 400 g/mol. The molecule has 1 atom stereocenters. The fraction of sp³-hybridized carbons (Fsp3) is 0.783. The smallest absolute Gasteiger partial charge is 0.246 e. The second kappa shape index (κ2) is 20.2. The predicted octanol–water partition coefficient (Wildman–Crippen LogP) is 2.41. The molecular formula is C23H42N2O6. The molecule has 0 aromatic rings. The Kier molecular flexibility index (Phi) is 19.0. The Morgan fingerprint density at radius 1 is 0.806 bits per heavy atom. The number of carbonyl (C=O) groups excluding carboxylic acids is 3. The van der Waals surface area contributed by atoms with Crippen LogP contribution < -0.4 is 10.6 Å². The summed E-state index contributed by atoms with van der Waals surface area (Å²) in [7, 11) is 0. The highest BCUT2D eigenvalue weighted by molar-refractivity contribution is 5.77. The molecule has 31 heavy (non-hydrogen) atoms. The van der Waals surface area contributed by atoms with Gasteiger partial charge in [0.1, 0.15) is 19.0 Å².